The fourth-order valence-corrected chi connectivity index (χ4v) is 3.22. The maximum atomic E-state index is 5.44. The van der Waals surface area contributed by atoms with Crippen LogP contribution in [0, 0.1) is 0 Å². The average Bonchev–Trinajstić information content (AvgIpc) is 2.53. The summed E-state index contributed by atoms with van der Waals surface area (Å²) in [6.45, 7) is 9.21. The molecular weight excluding hydrogens is 264 g/mol. The number of guanidine groups is 1. The molecule has 2 aliphatic rings. The molecule has 5 nitrogen and oxygen atoms in total. The molecular formula is C16H32N4O. The molecule has 1 saturated carbocycles. The lowest BCUT2D eigenvalue weighted by atomic mass is 9.96. The molecule has 0 aromatic carbocycles. The molecule has 0 spiro atoms. The van der Waals surface area contributed by atoms with Crippen LogP contribution in [0.3, 0.4) is 0 Å². The van der Waals surface area contributed by atoms with Gasteiger partial charge in [0.2, 0.25) is 0 Å². The lowest BCUT2D eigenvalue weighted by Crippen LogP contribution is -2.57. The highest BCUT2D eigenvalue weighted by Gasteiger charge is 2.28. The van der Waals surface area contributed by atoms with Crippen molar-refractivity contribution < 1.29 is 4.74 Å². The standard InChI is InChI=1S/C16H32N4O/c1-16(2,20-9-11-21-12-10-20)13-18-15(17-3)19-14-7-5-4-6-8-14/h14H,4-13H2,1-3H3,(H2,17,18,19). The first-order valence-electron chi connectivity index (χ1n) is 8.42. The van der Waals surface area contributed by atoms with Crippen LogP contribution in [-0.2, 0) is 4.74 Å². The third kappa shape index (κ3) is 5.15. The van der Waals surface area contributed by atoms with Gasteiger partial charge in [-0.25, -0.2) is 0 Å². The second kappa shape index (κ2) is 7.99. The van der Waals surface area contributed by atoms with Crippen molar-refractivity contribution in [2.45, 2.75) is 57.5 Å². The molecule has 2 fully saturated rings. The van der Waals surface area contributed by atoms with E-state index in [1.54, 1.807) is 0 Å². The van der Waals surface area contributed by atoms with Crippen molar-refractivity contribution in [3.05, 3.63) is 0 Å². The van der Waals surface area contributed by atoms with Crippen LogP contribution in [0.4, 0.5) is 0 Å². The third-order valence-electron chi connectivity index (χ3n) is 4.73. The first-order chi connectivity index (χ1) is 10.1. The molecule has 0 unspecified atom stereocenters. The van der Waals surface area contributed by atoms with Crippen LogP contribution < -0.4 is 10.6 Å². The molecule has 0 aromatic heterocycles. The molecule has 21 heavy (non-hydrogen) atoms. The summed E-state index contributed by atoms with van der Waals surface area (Å²) < 4.78 is 5.44. The van der Waals surface area contributed by atoms with E-state index in [2.05, 4.69) is 34.4 Å². The Morgan fingerprint density at radius 1 is 1.19 bits per heavy atom. The Kier molecular flexibility index (Phi) is 6.30. The minimum absolute atomic E-state index is 0.119. The largest absolute Gasteiger partial charge is 0.379 e. The van der Waals surface area contributed by atoms with Crippen molar-refractivity contribution in [3.63, 3.8) is 0 Å². The van der Waals surface area contributed by atoms with E-state index < -0.39 is 0 Å². The molecule has 1 aliphatic heterocycles. The van der Waals surface area contributed by atoms with Gasteiger partial charge in [-0.2, -0.15) is 0 Å². The van der Waals surface area contributed by atoms with Gasteiger partial charge in [0.15, 0.2) is 5.96 Å². The van der Waals surface area contributed by atoms with Gasteiger partial charge in [0.05, 0.1) is 13.2 Å². The Labute approximate surface area is 129 Å². The first kappa shape index (κ1) is 16.6. The van der Waals surface area contributed by atoms with Crippen LogP contribution in [0.1, 0.15) is 46.0 Å². The summed E-state index contributed by atoms with van der Waals surface area (Å²) in [6, 6.07) is 0.594. The molecule has 1 saturated heterocycles. The smallest absolute Gasteiger partial charge is 0.191 e. The summed E-state index contributed by atoms with van der Waals surface area (Å²) in [6.07, 6.45) is 6.61. The maximum absolute atomic E-state index is 5.44. The van der Waals surface area contributed by atoms with E-state index in [1.165, 1.54) is 32.1 Å². The third-order valence-corrected chi connectivity index (χ3v) is 4.73. The van der Waals surface area contributed by atoms with Crippen LogP contribution >= 0.6 is 0 Å². The maximum Gasteiger partial charge on any atom is 0.191 e. The Bertz CT molecular complexity index is 331. The van der Waals surface area contributed by atoms with Gasteiger partial charge >= 0.3 is 0 Å². The van der Waals surface area contributed by atoms with Crippen LogP contribution in [-0.4, -0.2) is 62.3 Å². The lowest BCUT2D eigenvalue weighted by Gasteiger charge is -2.41. The number of ether oxygens (including phenoxy) is 1. The normalized spacial score (nSPS) is 23.1. The Morgan fingerprint density at radius 2 is 1.86 bits per heavy atom. The van der Waals surface area contributed by atoms with Crippen molar-refractivity contribution in [2.24, 2.45) is 4.99 Å². The molecule has 122 valence electrons. The highest BCUT2D eigenvalue weighted by atomic mass is 16.5. The van der Waals surface area contributed by atoms with Crippen LogP contribution in [0.2, 0.25) is 0 Å². The minimum Gasteiger partial charge on any atom is -0.379 e. The van der Waals surface area contributed by atoms with Gasteiger partial charge in [0.1, 0.15) is 0 Å². The SMILES string of the molecule is CN=C(NCC(C)(C)N1CCOCC1)NC1CCCCC1. The molecule has 0 bridgehead atoms. The molecule has 0 aromatic rings. The molecule has 0 amide bonds. The molecule has 1 aliphatic carbocycles. The average molecular weight is 296 g/mol. The molecule has 1 heterocycles. The number of hydrogen-bond acceptors (Lipinski definition) is 3. The molecule has 2 rings (SSSR count). The van der Waals surface area contributed by atoms with E-state index in [4.69, 9.17) is 4.74 Å². The van der Waals surface area contributed by atoms with Crippen LogP contribution in [0.5, 0.6) is 0 Å². The molecule has 2 N–H and O–H groups in total. The molecule has 0 radical (unpaired) electrons. The predicted octanol–water partition coefficient (Wildman–Crippen LogP) is 1.59. The van der Waals surface area contributed by atoms with Gasteiger partial charge in [0.25, 0.3) is 0 Å². The van der Waals surface area contributed by atoms with E-state index in [9.17, 15) is 0 Å². The summed E-state index contributed by atoms with van der Waals surface area (Å²) in [7, 11) is 1.86. The van der Waals surface area contributed by atoms with Gasteiger partial charge in [0, 0.05) is 38.3 Å². The Hall–Kier alpha value is -0.810. The van der Waals surface area contributed by atoms with E-state index in [0.29, 0.717) is 6.04 Å². The number of hydrogen-bond donors (Lipinski definition) is 2. The van der Waals surface area contributed by atoms with Crippen molar-refractivity contribution >= 4 is 5.96 Å². The lowest BCUT2D eigenvalue weighted by molar-refractivity contribution is -0.00835. The zero-order chi connectivity index (χ0) is 15.1. The summed E-state index contributed by atoms with van der Waals surface area (Å²) >= 11 is 0. The van der Waals surface area contributed by atoms with Crippen LogP contribution in [0.15, 0.2) is 4.99 Å². The van der Waals surface area contributed by atoms with Gasteiger partial charge in [-0.05, 0) is 26.7 Å². The number of rotatable bonds is 4. The van der Waals surface area contributed by atoms with Crippen molar-refractivity contribution in [2.75, 3.05) is 39.9 Å². The van der Waals surface area contributed by atoms with E-state index >= 15 is 0 Å². The van der Waals surface area contributed by atoms with E-state index in [-0.39, 0.29) is 5.54 Å². The Balaban J connectivity index is 1.78. The van der Waals surface area contributed by atoms with Crippen molar-refractivity contribution in [1.29, 1.82) is 0 Å². The quantitative estimate of drug-likeness (QED) is 0.611. The van der Waals surface area contributed by atoms with Crippen molar-refractivity contribution in [1.82, 2.24) is 15.5 Å². The summed E-state index contributed by atoms with van der Waals surface area (Å²) in [5, 5.41) is 7.09. The molecule has 0 atom stereocenters. The second-order valence-electron chi connectivity index (χ2n) is 6.82. The van der Waals surface area contributed by atoms with Crippen LogP contribution in [0.25, 0.3) is 0 Å². The minimum atomic E-state index is 0.119. The Morgan fingerprint density at radius 3 is 2.48 bits per heavy atom. The fraction of sp³-hybridized carbons (Fsp3) is 0.938. The van der Waals surface area contributed by atoms with Gasteiger partial charge in [-0.15, -0.1) is 0 Å². The first-order valence-corrected chi connectivity index (χ1v) is 8.42. The monoisotopic (exact) mass is 296 g/mol. The number of morpholine rings is 1. The summed E-state index contributed by atoms with van der Waals surface area (Å²) in [5.74, 6) is 0.947. The van der Waals surface area contributed by atoms with E-state index in [1.807, 2.05) is 7.05 Å². The highest BCUT2D eigenvalue weighted by molar-refractivity contribution is 5.80. The second-order valence-corrected chi connectivity index (χ2v) is 6.82. The molecule has 5 heteroatoms. The number of aliphatic imine (C=N–C) groups is 1. The zero-order valence-corrected chi connectivity index (χ0v) is 14.0. The fourth-order valence-electron chi connectivity index (χ4n) is 3.22. The number of nitrogens with one attached hydrogen (secondary N) is 2. The predicted molar refractivity (Wildman–Crippen MR) is 87.8 cm³/mol. The van der Waals surface area contributed by atoms with Gasteiger partial charge < -0.3 is 15.4 Å². The van der Waals surface area contributed by atoms with Crippen molar-refractivity contribution in [3.8, 4) is 0 Å². The van der Waals surface area contributed by atoms with Gasteiger partial charge in [-0.3, -0.25) is 9.89 Å². The van der Waals surface area contributed by atoms with E-state index in [0.717, 1.165) is 38.8 Å². The summed E-state index contributed by atoms with van der Waals surface area (Å²) in [4.78, 5) is 6.88. The zero-order valence-electron chi connectivity index (χ0n) is 14.0. The number of nitrogens with zero attached hydrogens (tertiary/aromatic N) is 2. The highest BCUT2D eigenvalue weighted by Crippen LogP contribution is 2.18. The topological polar surface area (TPSA) is 48.9 Å². The van der Waals surface area contributed by atoms with Gasteiger partial charge in [-0.1, -0.05) is 19.3 Å². The summed E-state index contributed by atoms with van der Waals surface area (Å²) in [5.41, 5.74) is 0.119.